The van der Waals surface area contributed by atoms with Gasteiger partial charge in [0.15, 0.2) is 5.96 Å². The van der Waals surface area contributed by atoms with Crippen LogP contribution in [0.25, 0.3) is 0 Å². The Morgan fingerprint density at radius 3 is 2.43 bits per heavy atom. The first-order valence-electron chi connectivity index (χ1n) is 10.1. The highest BCUT2D eigenvalue weighted by molar-refractivity contribution is 6.30. The van der Waals surface area contributed by atoms with E-state index in [1.165, 1.54) is 0 Å². The summed E-state index contributed by atoms with van der Waals surface area (Å²) in [4.78, 5) is 4.39. The lowest BCUT2D eigenvalue weighted by Gasteiger charge is -2.39. The summed E-state index contributed by atoms with van der Waals surface area (Å²) >= 11 is 6.33. The van der Waals surface area contributed by atoms with Crippen molar-refractivity contribution in [3.8, 4) is 11.5 Å². The largest absolute Gasteiger partial charge is 0.497 e. The molecule has 7 heteroatoms. The van der Waals surface area contributed by atoms with Crippen LogP contribution in [0.2, 0.25) is 5.02 Å². The summed E-state index contributed by atoms with van der Waals surface area (Å²) in [5.41, 5.74) is 2.11. The third-order valence-electron chi connectivity index (χ3n) is 5.62. The maximum absolute atomic E-state index is 6.33. The molecule has 2 aromatic rings. The van der Waals surface area contributed by atoms with Crippen LogP contribution in [0.5, 0.6) is 11.5 Å². The number of nitrogens with one attached hydrogen (secondary N) is 2. The van der Waals surface area contributed by atoms with Crippen molar-refractivity contribution in [2.45, 2.75) is 24.8 Å². The van der Waals surface area contributed by atoms with Crippen LogP contribution >= 0.6 is 11.6 Å². The maximum atomic E-state index is 6.33. The van der Waals surface area contributed by atoms with Gasteiger partial charge in [-0.2, -0.15) is 0 Å². The predicted molar refractivity (Wildman–Crippen MR) is 121 cm³/mol. The van der Waals surface area contributed by atoms with Crippen LogP contribution in [0.3, 0.4) is 0 Å². The molecule has 1 heterocycles. The second-order valence-corrected chi connectivity index (χ2v) is 7.80. The highest BCUT2D eigenvalue weighted by Gasteiger charge is 2.37. The number of methoxy groups -OCH3 is 2. The van der Waals surface area contributed by atoms with Crippen molar-refractivity contribution >= 4 is 17.6 Å². The topological polar surface area (TPSA) is 64.1 Å². The van der Waals surface area contributed by atoms with Gasteiger partial charge in [0.2, 0.25) is 0 Å². The van der Waals surface area contributed by atoms with Crippen molar-refractivity contribution in [1.82, 2.24) is 10.6 Å². The monoisotopic (exact) mass is 431 g/mol. The summed E-state index contributed by atoms with van der Waals surface area (Å²) in [6, 6.07) is 13.8. The van der Waals surface area contributed by atoms with Gasteiger partial charge in [0.05, 0.1) is 14.2 Å². The fourth-order valence-electron chi connectivity index (χ4n) is 3.80. The zero-order valence-electron chi connectivity index (χ0n) is 17.8. The molecule has 0 aliphatic carbocycles. The van der Waals surface area contributed by atoms with E-state index in [-0.39, 0.29) is 5.41 Å². The molecule has 6 nitrogen and oxygen atoms in total. The summed E-state index contributed by atoms with van der Waals surface area (Å²) in [6.07, 6.45) is 1.76. The summed E-state index contributed by atoms with van der Waals surface area (Å²) in [5, 5.41) is 7.59. The van der Waals surface area contributed by atoms with Crippen LogP contribution in [0.1, 0.15) is 24.0 Å². The molecule has 1 aliphatic heterocycles. The van der Waals surface area contributed by atoms with Crippen LogP contribution in [-0.2, 0) is 16.7 Å². The second kappa shape index (κ2) is 10.5. The number of rotatable bonds is 7. The molecule has 0 amide bonds. The van der Waals surface area contributed by atoms with E-state index in [2.05, 4.69) is 15.6 Å². The normalized spacial score (nSPS) is 16.1. The van der Waals surface area contributed by atoms with E-state index in [0.29, 0.717) is 31.3 Å². The van der Waals surface area contributed by atoms with Crippen molar-refractivity contribution < 1.29 is 14.2 Å². The zero-order chi connectivity index (χ0) is 21.4. The third kappa shape index (κ3) is 5.37. The van der Waals surface area contributed by atoms with Crippen molar-refractivity contribution in [2.75, 3.05) is 41.0 Å². The average molecular weight is 432 g/mol. The van der Waals surface area contributed by atoms with Crippen LogP contribution in [0, 0.1) is 0 Å². The van der Waals surface area contributed by atoms with Crippen LogP contribution in [0.4, 0.5) is 0 Å². The average Bonchev–Trinajstić information content (AvgIpc) is 2.80. The first kappa shape index (κ1) is 22.2. The molecule has 1 aliphatic rings. The summed E-state index contributed by atoms with van der Waals surface area (Å²) in [5.74, 6) is 2.44. The third-order valence-corrected chi connectivity index (χ3v) is 5.85. The van der Waals surface area contributed by atoms with Gasteiger partial charge in [0.25, 0.3) is 0 Å². The van der Waals surface area contributed by atoms with E-state index in [1.54, 1.807) is 21.3 Å². The van der Waals surface area contributed by atoms with Crippen molar-refractivity contribution in [3.05, 3.63) is 58.6 Å². The number of nitrogens with zero attached hydrogens (tertiary/aromatic N) is 1. The molecule has 30 heavy (non-hydrogen) atoms. The standard InChI is InChI=1S/C23H30ClN3O3/c1-25-22(26-15-17-4-7-19(28-2)8-5-17)27-16-23(10-12-30-13-11-23)20-14-18(24)6-9-21(20)29-3/h4-9,14H,10-13,15-16H2,1-3H3,(H2,25,26,27). The Kier molecular flexibility index (Phi) is 7.82. The zero-order valence-corrected chi connectivity index (χ0v) is 18.6. The number of ether oxygens (including phenoxy) is 3. The van der Waals surface area contributed by atoms with Gasteiger partial charge in [-0.15, -0.1) is 0 Å². The number of aliphatic imine (C=N–C) groups is 1. The molecule has 2 aromatic carbocycles. The first-order valence-corrected chi connectivity index (χ1v) is 10.5. The van der Waals surface area contributed by atoms with Crippen molar-refractivity contribution in [3.63, 3.8) is 0 Å². The lowest BCUT2D eigenvalue weighted by atomic mass is 9.73. The number of hydrogen-bond donors (Lipinski definition) is 2. The highest BCUT2D eigenvalue weighted by atomic mass is 35.5. The molecule has 0 aromatic heterocycles. The molecule has 162 valence electrons. The van der Waals surface area contributed by atoms with Gasteiger partial charge in [0.1, 0.15) is 11.5 Å². The minimum Gasteiger partial charge on any atom is -0.497 e. The Morgan fingerprint density at radius 2 is 1.80 bits per heavy atom. The van der Waals surface area contributed by atoms with Gasteiger partial charge < -0.3 is 24.8 Å². The van der Waals surface area contributed by atoms with Gasteiger partial charge >= 0.3 is 0 Å². The van der Waals surface area contributed by atoms with E-state index in [0.717, 1.165) is 41.4 Å². The minimum atomic E-state index is -0.147. The SMILES string of the molecule is CN=C(NCc1ccc(OC)cc1)NCC1(c2cc(Cl)ccc2OC)CCOCC1. The molecule has 0 bridgehead atoms. The Balaban J connectivity index is 1.71. The quantitative estimate of drug-likeness (QED) is 0.516. The molecule has 0 saturated carbocycles. The molecule has 1 fully saturated rings. The first-order chi connectivity index (χ1) is 14.6. The molecule has 1 saturated heterocycles. The molecular weight excluding hydrogens is 402 g/mol. The fraction of sp³-hybridized carbons (Fsp3) is 0.435. The van der Waals surface area contributed by atoms with Crippen molar-refractivity contribution in [2.24, 2.45) is 4.99 Å². The van der Waals surface area contributed by atoms with E-state index in [9.17, 15) is 0 Å². The Bertz CT molecular complexity index is 849. The Hall–Kier alpha value is -2.44. The maximum Gasteiger partial charge on any atom is 0.191 e. The Labute approximate surface area is 183 Å². The molecular formula is C23H30ClN3O3. The molecule has 0 radical (unpaired) electrons. The van der Waals surface area contributed by atoms with E-state index in [1.807, 2.05) is 42.5 Å². The molecule has 0 atom stereocenters. The number of hydrogen-bond acceptors (Lipinski definition) is 4. The van der Waals surface area contributed by atoms with E-state index in [4.69, 9.17) is 25.8 Å². The second-order valence-electron chi connectivity index (χ2n) is 7.36. The van der Waals surface area contributed by atoms with Crippen molar-refractivity contribution in [1.29, 1.82) is 0 Å². The summed E-state index contributed by atoms with van der Waals surface area (Å²) in [6.45, 7) is 2.78. The summed E-state index contributed by atoms with van der Waals surface area (Å²) in [7, 11) is 5.14. The Morgan fingerprint density at radius 1 is 1.07 bits per heavy atom. The lowest BCUT2D eigenvalue weighted by molar-refractivity contribution is 0.0505. The van der Waals surface area contributed by atoms with Gasteiger partial charge in [0, 0.05) is 49.4 Å². The predicted octanol–water partition coefficient (Wildman–Crippen LogP) is 3.77. The molecule has 2 N–H and O–H groups in total. The lowest BCUT2D eigenvalue weighted by Crippen LogP contribution is -2.48. The smallest absolute Gasteiger partial charge is 0.191 e. The van der Waals surface area contributed by atoms with Gasteiger partial charge in [-0.25, -0.2) is 0 Å². The molecule has 3 rings (SSSR count). The van der Waals surface area contributed by atoms with Gasteiger partial charge in [-0.05, 0) is 48.7 Å². The number of guanidine groups is 1. The van der Waals surface area contributed by atoms with Gasteiger partial charge in [-0.3, -0.25) is 4.99 Å². The van der Waals surface area contributed by atoms with E-state index >= 15 is 0 Å². The minimum absolute atomic E-state index is 0.147. The molecule has 0 unspecified atom stereocenters. The number of benzene rings is 2. The fourth-order valence-corrected chi connectivity index (χ4v) is 3.97. The van der Waals surface area contributed by atoms with E-state index < -0.39 is 0 Å². The molecule has 0 spiro atoms. The summed E-state index contributed by atoms with van der Waals surface area (Å²) < 4.78 is 16.5. The van der Waals surface area contributed by atoms with Crippen LogP contribution < -0.4 is 20.1 Å². The van der Waals surface area contributed by atoms with Crippen LogP contribution in [-0.4, -0.2) is 47.0 Å². The van der Waals surface area contributed by atoms with Crippen LogP contribution in [0.15, 0.2) is 47.5 Å². The van der Waals surface area contributed by atoms with Gasteiger partial charge in [-0.1, -0.05) is 23.7 Å². The number of halogens is 1. The highest BCUT2D eigenvalue weighted by Crippen LogP contribution is 2.40.